The Kier molecular flexibility index (Phi) is 2.72. The Morgan fingerprint density at radius 3 is 2.82 bits per heavy atom. The smallest absolute Gasteiger partial charge is 0.182 e. The molecule has 0 radical (unpaired) electrons. The summed E-state index contributed by atoms with van der Waals surface area (Å²) >= 11 is 6.00. The quantitative estimate of drug-likeness (QED) is 0.786. The number of piperidine rings is 1. The molecule has 90 valence electrons. The monoisotopic (exact) mass is 251 g/mol. The van der Waals surface area contributed by atoms with Crippen molar-refractivity contribution in [2.45, 2.75) is 18.8 Å². The van der Waals surface area contributed by atoms with Gasteiger partial charge >= 0.3 is 0 Å². The molecule has 1 fully saturated rings. The van der Waals surface area contributed by atoms with Crippen LogP contribution in [0.4, 0.5) is 0 Å². The summed E-state index contributed by atoms with van der Waals surface area (Å²) in [4.78, 5) is 18.2. The number of nitrogens with zero attached hydrogens (tertiary/aromatic N) is 4. The first kappa shape index (κ1) is 10.9. The van der Waals surface area contributed by atoms with Gasteiger partial charge in [0.25, 0.3) is 0 Å². The number of aromatic nitrogens is 4. The summed E-state index contributed by atoms with van der Waals surface area (Å²) in [5.74, 6) is 1.48. The molecule has 0 bridgehead atoms. The molecule has 17 heavy (non-hydrogen) atoms. The minimum atomic E-state index is 0.446. The molecular formula is C11H14ClN5. The first-order valence-electron chi connectivity index (χ1n) is 5.78. The van der Waals surface area contributed by atoms with Crippen molar-refractivity contribution in [3.05, 3.63) is 17.3 Å². The summed E-state index contributed by atoms with van der Waals surface area (Å²) in [6.45, 7) is 2.22. The molecule has 1 aliphatic rings. The van der Waals surface area contributed by atoms with Crippen LogP contribution in [0.5, 0.6) is 0 Å². The van der Waals surface area contributed by atoms with Crippen LogP contribution in [0.3, 0.4) is 0 Å². The van der Waals surface area contributed by atoms with E-state index in [1.54, 1.807) is 0 Å². The van der Waals surface area contributed by atoms with Crippen LogP contribution in [-0.2, 0) is 0 Å². The summed E-state index contributed by atoms with van der Waals surface area (Å²) in [7, 11) is 2.15. The molecule has 1 saturated heterocycles. The lowest BCUT2D eigenvalue weighted by Gasteiger charge is -2.27. The van der Waals surface area contributed by atoms with E-state index in [0.29, 0.717) is 16.7 Å². The number of aromatic amines is 1. The van der Waals surface area contributed by atoms with Gasteiger partial charge < -0.3 is 9.88 Å². The van der Waals surface area contributed by atoms with Gasteiger partial charge in [-0.2, -0.15) is 0 Å². The van der Waals surface area contributed by atoms with Gasteiger partial charge in [-0.15, -0.1) is 0 Å². The Morgan fingerprint density at radius 1 is 1.35 bits per heavy atom. The molecule has 6 heteroatoms. The van der Waals surface area contributed by atoms with Crippen LogP contribution in [0.1, 0.15) is 24.6 Å². The third-order valence-corrected chi connectivity index (χ3v) is 3.65. The van der Waals surface area contributed by atoms with Gasteiger partial charge in [0.15, 0.2) is 10.8 Å². The number of halogens is 1. The molecule has 1 N–H and O–H groups in total. The summed E-state index contributed by atoms with van der Waals surface area (Å²) in [6, 6.07) is 0. The topological polar surface area (TPSA) is 57.7 Å². The second-order valence-electron chi connectivity index (χ2n) is 4.56. The minimum Gasteiger partial charge on any atom is -0.338 e. The van der Waals surface area contributed by atoms with E-state index in [2.05, 4.69) is 31.9 Å². The molecule has 0 spiro atoms. The maximum Gasteiger partial charge on any atom is 0.182 e. The Labute approximate surface area is 104 Å². The molecule has 0 atom stereocenters. The van der Waals surface area contributed by atoms with Crippen molar-refractivity contribution < 1.29 is 0 Å². The van der Waals surface area contributed by atoms with Gasteiger partial charge in [-0.3, -0.25) is 0 Å². The number of rotatable bonds is 1. The van der Waals surface area contributed by atoms with Crippen LogP contribution in [0.15, 0.2) is 6.33 Å². The highest BCUT2D eigenvalue weighted by atomic mass is 35.5. The predicted octanol–water partition coefficient (Wildman–Crippen LogP) is 1.82. The molecule has 0 unspecified atom stereocenters. The minimum absolute atomic E-state index is 0.446. The SMILES string of the molecule is CN1CCC(c2nc3ncnc(Cl)c3[nH]2)CC1. The standard InChI is InChI=1S/C11H14ClN5/c1-17-4-2-7(3-5-17)10-15-8-9(12)13-6-14-11(8)16-10/h6-7H,2-5H2,1H3,(H,13,14,15,16). The Morgan fingerprint density at radius 2 is 2.12 bits per heavy atom. The van der Waals surface area contributed by atoms with E-state index < -0.39 is 0 Å². The molecule has 0 saturated carbocycles. The van der Waals surface area contributed by atoms with Crippen molar-refractivity contribution in [1.29, 1.82) is 0 Å². The van der Waals surface area contributed by atoms with Gasteiger partial charge in [0.1, 0.15) is 17.7 Å². The molecule has 0 aromatic carbocycles. The summed E-state index contributed by atoms with van der Waals surface area (Å²) in [6.07, 6.45) is 3.70. The fourth-order valence-corrected chi connectivity index (χ4v) is 2.47. The van der Waals surface area contributed by atoms with Gasteiger partial charge in [0.05, 0.1) is 0 Å². The zero-order valence-electron chi connectivity index (χ0n) is 9.65. The van der Waals surface area contributed by atoms with Gasteiger partial charge in [-0.25, -0.2) is 15.0 Å². The highest BCUT2D eigenvalue weighted by Gasteiger charge is 2.22. The maximum absolute atomic E-state index is 6.00. The van der Waals surface area contributed by atoms with E-state index in [0.717, 1.165) is 37.3 Å². The van der Waals surface area contributed by atoms with E-state index in [1.807, 2.05) is 0 Å². The Bertz CT molecular complexity index is 530. The van der Waals surface area contributed by atoms with Gasteiger partial charge in [-0.1, -0.05) is 11.6 Å². The third-order valence-electron chi connectivity index (χ3n) is 3.37. The number of imidazole rings is 1. The molecule has 1 aliphatic heterocycles. The van der Waals surface area contributed by atoms with Crippen LogP contribution in [-0.4, -0.2) is 45.0 Å². The molecule has 2 aromatic rings. The van der Waals surface area contributed by atoms with E-state index >= 15 is 0 Å². The largest absolute Gasteiger partial charge is 0.338 e. The fraction of sp³-hybridized carbons (Fsp3) is 0.545. The van der Waals surface area contributed by atoms with Crippen molar-refractivity contribution >= 4 is 22.8 Å². The lowest BCUT2D eigenvalue weighted by atomic mass is 9.97. The first-order chi connectivity index (χ1) is 8.24. The van der Waals surface area contributed by atoms with Crippen molar-refractivity contribution in [3.8, 4) is 0 Å². The van der Waals surface area contributed by atoms with Crippen LogP contribution >= 0.6 is 11.6 Å². The number of hydrogen-bond donors (Lipinski definition) is 1. The molecule has 2 aromatic heterocycles. The number of fused-ring (bicyclic) bond motifs is 1. The summed E-state index contributed by atoms with van der Waals surface area (Å²) in [5.41, 5.74) is 1.42. The van der Waals surface area contributed by atoms with Gasteiger partial charge in [0.2, 0.25) is 0 Å². The average molecular weight is 252 g/mol. The van der Waals surface area contributed by atoms with E-state index in [9.17, 15) is 0 Å². The number of H-pyrrole nitrogens is 1. The van der Waals surface area contributed by atoms with E-state index in [-0.39, 0.29) is 0 Å². The molecular weight excluding hydrogens is 238 g/mol. The fourth-order valence-electron chi connectivity index (χ4n) is 2.29. The highest BCUT2D eigenvalue weighted by molar-refractivity contribution is 6.33. The van der Waals surface area contributed by atoms with E-state index in [1.165, 1.54) is 6.33 Å². The molecule has 5 nitrogen and oxygen atoms in total. The molecule has 3 rings (SSSR count). The molecule has 0 amide bonds. The maximum atomic E-state index is 6.00. The zero-order valence-corrected chi connectivity index (χ0v) is 10.4. The summed E-state index contributed by atoms with van der Waals surface area (Å²) < 4.78 is 0. The van der Waals surface area contributed by atoms with Gasteiger partial charge in [-0.05, 0) is 33.0 Å². The van der Waals surface area contributed by atoms with Crippen molar-refractivity contribution in [2.24, 2.45) is 0 Å². The number of hydrogen-bond acceptors (Lipinski definition) is 4. The normalized spacial score (nSPS) is 18.9. The number of likely N-dealkylation sites (tertiary alicyclic amines) is 1. The Balaban J connectivity index is 1.93. The zero-order chi connectivity index (χ0) is 11.8. The first-order valence-corrected chi connectivity index (χ1v) is 6.16. The molecule has 3 heterocycles. The van der Waals surface area contributed by atoms with Crippen molar-refractivity contribution in [1.82, 2.24) is 24.8 Å². The van der Waals surface area contributed by atoms with Crippen LogP contribution < -0.4 is 0 Å². The lowest BCUT2D eigenvalue weighted by Crippen LogP contribution is -2.29. The predicted molar refractivity (Wildman–Crippen MR) is 66.2 cm³/mol. The van der Waals surface area contributed by atoms with E-state index in [4.69, 9.17) is 11.6 Å². The highest BCUT2D eigenvalue weighted by Crippen LogP contribution is 2.27. The average Bonchev–Trinajstić information content (AvgIpc) is 2.75. The lowest BCUT2D eigenvalue weighted by molar-refractivity contribution is 0.252. The second kappa shape index (κ2) is 4.23. The summed E-state index contributed by atoms with van der Waals surface area (Å²) in [5, 5.41) is 0.446. The Hall–Kier alpha value is -1.20. The third kappa shape index (κ3) is 2.00. The van der Waals surface area contributed by atoms with Crippen LogP contribution in [0, 0.1) is 0 Å². The van der Waals surface area contributed by atoms with Gasteiger partial charge in [0, 0.05) is 5.92 Å². The second-order valence-corrected chi connectivity index (χ2v) is 4.92. The van der Waals surface area contributed by atoms with Crippen molar-refractivity contribution in [3.63, 3.8) is 0 Å². The van der Waals surface area contributed by atoms with Crippen LogP contribution in [0.25, 0.3) is 11.2 Å². The molecule has 0 aliphatic carbocycles. The van der Waals surface area contributed by atoms with Crippen LogP contribution in [0.2, 0.25) is 5.15 Å². The number of nitrogens with one attached hydrogen (secondary N) is 1. The van der Waals surface area contributed by atoms with Crippen molar-refractivity contribution in [2.75, 3.05) is 20.1 Å².